The lowest BCUT2D eigenvalue weighted by atomic mass is 10.1. The van der Waals surface area contributed by atoms with Gasteiger partial charge in [0.05, 0.1) is 39.1 Å². The van der Waals surface area contributed by atoms with E-state index in [1.807, 2.05) is 11.3 Å². The van der Waals surface area contributed by atoms with Gasteiger partial charge in [-0.1, -0.05) is 78.9 Å². The molecule has 4 heteroatoms. The van der Waals surface area contributed by atoms with Gasteiger partial charge in [0, 0.05) is 53.1 Å². The third kappa shape index (κ3) is 3.11. The maximum absolute atomic E-state index is 2.50. The lowest BCUT2D eigenvalue weighted by Crippen LogP contribution is -2.17. The minimum absolute atomic E-state index is 1.18. The average Bonchev–Trinajstić information content (AvgIpc) is 3.76. The molecule has 0 saturated carbocycles. The molecular formula is C42H25N3S. The number of thiophene rings is 1. The molecule has 0 aliphatic carbocycles. The van der Waals surface area contributed by atoms with Gasteiger partial charge in [-0.05, 0) is 72.8 Å². The second-order valence-electron chi connectivity index (χ2n) is 12.2. The normalized spacial score (nSPS) is 12.7. The molecule has 7 aromatic carbocycles. The molecule has 0 unspecified atom stereocenters. The van der Waals surface area contributed by atoms with E-state index in [-0.39, 0.29) is 0 Å². The van der Waals surface area contributed by atoms with Gasteiger partial charge in [-0.2, -0.15) is 0 Å². The van der Waals surface area contributed by atoms with Crippen LogP contribution in [0.4, 0.5) is 17.1 Å². The van der Waals surface area contributed by atoms with Crippen LogP contribution < -0.4 is 4.90 Å². The molecule has 0 amide bonds. The van der Waals surface area contributed by atoms with Crippen LogP contribution in [0.25, 0.3) is 75.2 Å². The van der Waals surface area contributed by atoms with Gasteiger partial charge in [0.1, 0.15) is 0 Å². The van der Waals surface area contributed by atoms with Crippen molar-refractivity contribution in [1.29, 1.82) is 0 Å². The zero-order chi connectivity index (χ0) is 29.9. The average molecular weight is 604 g/mol. The van der Waals surface area contributed by atoms with Crippen molar-refractivity contribution < 1.29 is 0 Å². The third-order valence-corrected chi connectivity index (χ3v) is 10.9. The maximum Gasteiger partial charge on any atom is 0.0783 e. The van der Waals surface area contributed by atoms with Gasteiger partial charge in [-0.15, -0.1) is 11.3 Å². The summed E-state index contributed by atoms with van der Waals surface area (Å²) >= 11 is 1.87. The Morgan fingerprint density at radius 1 is 0.348 bits per heavy atom. The molecule has 0 atom stereocenters. The number of anilines is 3. The summed E-state index contributed by atoms with van der Waals surface area (Å²) in [4.78, 5) is 2.46. The summed E-state index contributed by atoms with van der Waals surface area (Å²) < 4.78 is 7.56. The lowest BCUT2D eigenvalue weighted by Gasteiger charge is -2.33. The molecule has 10 aromatic rings. The Bertz CT molecular complexity index is 2870. The molecule has 46 heavy (non-hydrogen) atoms. The van der Waals surface area contributed by atoms with Crippen molar-refractivity contribution >= 4 is 92.2 Å². The van der Waals surface area contributed by atoms with E-state index in [0.717, 1.165) is 0 Å². The van der Waals surface area contributed by atoms with E-state index >= 15 is 0 Å². The number of aromatic nitrogens is 2. The quantitative estimate of drug-likeness (QED) is 0.192. The Kier molecular flexibility index (Phi) is 4.72. The van der Waals surface area contributed by atoms with Crippen LogP contribution in [0.15, 0.2) is 152 Å². The number of para-hydroxylation sites is 5. The molecule has 0 bridgehead atoms. The maximum atomic E-state index is 2.50. The summed E-state index contributed by atoms with van der Waals surface area (Å²) in [5.74, 6) is 0. The summed E-state index contributed by atoms with van der Waals surface area (Å²) in [6.07, 6.45) is 0. The van der Waals surface area contributed by atoms with Gasteiger partial charge >= 0.3 is 0 Å². The highest BCUT2D eigenvalue weighted by Gasteiger charge is 2.29. The van der Waals surface area contributed by atoms with Crippen molar-refractivity contribution in [3.8, 4) is 11.4 Å². The lowest BCUT2D eigenvalue weighted by molar-refractivity contribution is 1.11. The van der Waals surface area contributed by atoms with Crippen LogP contribution in [0.1, 0.15) is 0 Å². The summed E-state index contributed by atoms with van der Waals surface area (Å²) in [6, 6.07) is 55.7. The highest BCUT2D eigenvalue weighted by molar-refractivity contribution is 7.25. The third-order valence-electron chi connectivity index (χ3n) is 9.80. The van der Waals surface area contributed by atoms with Crippen molar-refractivity contribution in [3.63, 3.8) is 0 Å². The fourth-order valence-electron chi connectivity index (χ4n) is 7.90. The van der Waals surface area contributed by atoms with E-state index in [1.54, 1.807) is 0 Å². The summed E-state index contributed by atoms with van der Waals surface area (Å²) in [5.41, 5.74) is 10.9. The first-order valence-electron chi connectivity index (χ1n) is 15.7. The highest BCUT2D eigenvalue weighted by atomic mass is 32.1. The van der Waals surface area contributed by atoms with E-state index in [4.69, 9.17) is 0 Å². The van der Waals surface area contributed by atoms with Crippen molar-refractivity contribution in [1.82, 2.24) is 9.13 Å². The second kappa shape index (κ2) is 8.87. The number of nitrogens with zero attached hydrogens (tertiary/aromatic N) is 3. The molecule has 1 aliphatic rings. The van der Waals surface area contributed by atoms with E-state index in [0.29, 0.717) is 0 Å². The van der Waals surface area contributed by atoms with E-state index in [1.165, 1.54) is 92.2 Å². The standard InChI is InChI=1S/C42H25N3S/c1-2-11-26(12-3-1)43-34-16-6-4-13-28(34)31-24-39-32(25-38(31)43)30-15-10-19-37-42(30)45(39)36-18-8-7-17-35(36)44(37)27-21-22-41-33(23-27)29-14-5-9-20-40(29)46-41/h1-25H. The number of hydrogen-bond acceptors (Lipinski definition) is 2. The van der Waals surface area contributed by atoms with Gasteiger partial charge in [0.2, 0.25) is 0 Å². The van der Waals surface area contributed by atoms with Crippen LogP contribution in [0.2, 0.25) is 0 Å². The molecule has 214 valence electrons. The molecule has 0 N–H and O–H groups in total. The summed E-state index contributed by atoms with van der Waals surface area (Å²) in [7, 11) is 0. The summed E-state index contributed by atoms with van der Waals surface area (Å²) in [6.45, 7) is 0. The Hall–Kier alpha value is -5.84. The van der Waals surface area contributed by atoms with Crippen LogP contribution in [-0.4, -0.2) is 9.13 Å². The van der Waals surface area contributed by atoms with Gasteiger partial charge in [0.25, 0.3) is 0 Å². The number of benzene rings is 7. The summed E-state index contributed by atoms with van der Waals surface area (Å²) in [5, 5.41) is 7.69. The largest absolute Gasteiger partial charge is 0.309 e. The number of rotatable bonds is 2. The predicted molar refractivity (Wildman–Crippen MR) is 196 cm³/mol. The zero-order valence-electron chi connectivity index (χ0n) is 24.7. The molecule has 0 saturated heterocycles. The molecule has 3 nitrogen and oxygen atoms in total. The molecule has 0 radical (unpaired) electrons. The molecule has 11 rings (SSSR count). The minimum Gasteiger partial charge on any atom is -0.309 e. The Balaban J connectivity index is 1.25. The van der Waals surface area contributed by atoms with Crippen LogP contribution in [-0.2, 0) is 0 Å². The fraction of sp³-hybridized carbons (Fsp3) is 0. The van der Waals surface area contributed by atoms with Gasteiger partial charge in [0.15, 0.2) is 0 Å². The first-order valence-corrected chi connectivity index (χ1v) is 16.5. The van der Waals surface area contributed by atoms with Crippen LogP contribution in [0.5, 0.6) is 0 Å². The second-order valence-corrected chi connectivity index (χ2v) is 13.3. The fourth-order valence-corrected chi connectivity index (χ4v) is 8.98. The molecule has 4 heterocycles. The predicted octanol–water partition coefficient (Wildman–Crippen LogP) is 12.0. The molecule has 0 fully saturated rings. The topological polar surface area (TPSA) is 13.1 Å². The molecule has 0 spiro atoms. The molecule has 1 aliphatic heterocycles. The molecular weight excluding hydrogens is 579 g/mol. The van der Waals surface area contributed by atoms with Gasteiger partial charge < -0.3 is 14.0 Å². The van der Waals surface area contributed by atoms with Crippen LogP contribution in [0, 0.1) is 0 Å². The first-order chi connectivity index (χ1) is 22.8. The highest BCUT2D eigenvalue weighted by Crippen LogP contribution is 2.51. The number of fused-ring (bicyclic) bond motifs is 11. The smallest absolute Gasteiger partial charge is 0.0783 e. The van der Waals surface area contributed by atoms with Gasteiger partial charge in [-0.3, -0.25) is 0 Å². The number of hydrogen-bond donors (Lipinski definition) is 0. The SMILES string of the molecule is c1ccc(-n2c3ccccc3c3cc4c(cc32)c2cccc3c2n4-c2ccccc2N3c2ccc3sc4ccccc4c3c2)cc1. The van der Waals surface area contributed by atoms with E-state index in [9.17, 15) is 0 Å². The minimum atomic E-state index is 1.18. The van der Waals surface area contributed by atoms with Crippen molar-refractivity contribution in [2.75, 3.05) is 4.90 Å². The molecule has 3 aromatic heterocycles. The van der Waals surface area contributed by atoms with Crippen LogP contribution in [0.3, 0.4) is 0 Å². The Labute approximate surface area is 268 Å². The van der Waals surface area contributed by atoms with Crippen molar-refractivity contribution in [3.05, 3.63) is 152 Å². The van der Waals surface area contributed by atoms with Crippen molar-refractivity contribution in [2.24, 2.45) is 0 Å². The van der Waals surface area contributed by atoms with E-state index < -0.39 is 0 Å². The zero-order valence-corrected chi connectivity index (χ0v) is 25.5. The first kappa shape index (κ1) is 24.5. The van der Waals surface area contributed by atoms with Crippen molar-refractivity contribution in [2.45, 2.75) is 0 Å². The van der Waals surface area contributed by atoms with E-state index in [2.05, 4.69) is 166 Å². The monoisotopic (exact) mass is 603 g/mol. The van der Waals surface area contributed by atoms with Gasteiger partial charge in [-0.25, -0.2) is 0 Å². The Morgan fingerprint density at radius 3 is 1.89 bits per heavy atom. The van der Waals surface area contributed by atoms with Crippen LogP contribution >= 0.6 is 11.3 Å². The Morgan fingerprint density at radius 2 is 1.00 bits per heavy atom.